The number of benzene rings is 2. The Morgan fingerprint density at radius 3 is 2.60 bits per heavy atom. The van der Waals surface area contributed by atoms with Gasteiger partial charge in [-0.3, -0.25) is 14.7 Å². The molecule has 2 aromatic carbocycles. The van der Waals surface area contributed by atoms with Crippen molar-refractivity contribution in [3.05, 3.63) is 65.9 Å². The maximum Gasteiger partial charge on any atom is 0.319 e. The molecule has 0 unspecified atom stereocenters. The summed E-state index contributed by atoms with van der Waals surface area (Å²) in [6.07, 6.45) is 10.3. The van der Waals surface area contributed by atoms with Gasteiger partial charge in [0.15, 0.2) is 5.82 Å². The number of carbonyl (C=O) groups is 1. The number of hydrogen-bond acceptors (Lipinski definition) is 8. The Kier molecular flexibility index (Phi) is 8.76. The van der Waals surface area contributed by atoms with Crippen LogP contribution in [0.3, 0.4) is 0 Å². The Labute approximate surface area is 280 Å². The van der Waals surface area contributed by atoms with Gasteiger partial charge < -0.3 is 19.4 Å². The molecule has 0 N–H and O–H groups in total. The molecule has 11 heteroatoms. The fourth-order valence-electron chi connectivity index (χ4n) is 7.79. The summed E-state index contributed by atoms with van der Waals surface area (Å²) in [5.41, 5.74) is 1.28. The number of aromatic nitrogens is 3. The number of likely N-dealkylation sites (tertiary alicyclic amines) is 1. The highest BCUT2D eigenvalue weighted by atomic mass is 19.1. The molecular formula is C37H43F2N7O2. The van der Waals surface area contributed by atoms with Crippen LogP contribution >= 0.6 is 0 Å². The zero-order valence-corrected chi connectivity index (χ0v) is 28.2. The number of nitrogens with zero attached hydrogens (tertiary/aromatic N) is 7. The molecule has 3 saturated heterocycles. The molecule has 252 valence electrons. The van der Waals surface area contributed by atoms with Crippen LogP contribution in [0.2, 0.25) is 0 Å². The maximum atomic E-state index is 16.8. The van der Waals surface area contributed by atoms with E-state index >= 15 is 4.39 Å². The van der Waals surface area contributed by atoms with Crippen LogP contribution in [-0.2, 0) is 4.79 Å². The number of likely N-dealkylation sites (N-methyl/N-ethyl adjacent to an activating group) is 2. The van der Waals surface area contributed by atoms with Crippen LogP contribution < -0.4 is 9.64 Å². The third kappa shape index (κ3) is 5.87. The maximum absolute atomic E-state index is 16.8. The summed E-state index contributed by atoms with van der Waals surface area (Å²) < 4.78 is 37.6. The Balaban J connectivity index is 1.26. The number of pyridine rings is 1. The normalized spacial score (nSPS) is 19.3. The van der Waals surface area contributed by atoms with Gasteiger partial charge in [0.2, 0.25) is 5.91 Å². The molecular weight excluding hydrogens is 612 g/mol. The Hall–Kier alpha value is -4.22. The average molecular weight is 656 g/mol. The SMILES string of the molecule is Cc1c(F)ccc2c(-c3ncc4c(N(C)[C@@H]5CCN(C(=O)/C=C/CN(C)C)C5)nc(OCC56CCCN5CCC6)nc4c3F)cccc12. The van der Waals surface area contributed by atoms with Crippen LogP contribution in [0.4, 0.5) is 14.6 Å². The molecule has 0 radical (unpaired) electrons. The fraction of sp³-hybridized carbons (Fsp3) is 0.459. The van der Waals surface area contributed by atoms with E-state index in [2.05, 4.69) is 14.9 Å². The lowest BCUT2D eigenvalue weighted by Gasteiger charge is -2.31. The van der Waals surface area contributed by atoms with Gasteiger partial charge in [0.1, 0.15) is 29.5 Å². The van der Waals surface area contributed by atoms with Gasteiger partial charge >= 0.3 is 6.01 Å². The molecule has 0 spiro atoms. The lowest BCUT2D eigenvalue weighted by atomic mass is 9.95. The minimum absolute atomic E-state index is 0.0242. The number of fused-ring (bicyclic) bond motifs is 3. The fourth-order valence-corrected chi connectivity index (χ4v) is 7.79. The van der Waals surface area contributed by atoms with Crippen molar-refractivity contribution in [2.75, 3.05) is 65.4 Å². The summed E-state index contributed by atoms with van der Waals surface area (Å²) in [6, 6.07) is 8.59. The summed E-state index contributed by atoms with van der Waals surface area (Å²) in [4.78, 5) is 35.4. The van der Waals surface area contributed by atoms with Crippen LogP contribution in [0.1, 0.15) is 37.7 Å². The summed E-state index contributed by atoms with van der Waals surface area (Å²) in [6.45, 7) is 6.11. The number of hydrogen-bond donors (Lipinski definition) is 0. The van der Waals surface area contributed by atoms with E-state index in [0.717, 1.165) is 45.2 Å². The highest BCUT2D eigenvalue weighted by Crippen LogP contribution is 2.40. The quantitative estimate of drug-likeness (QED) is 0.216. The second kappa shape index (κ2) is 13.0. The molecule has 3 aliphatic rings. The molecule has 0 bridgehead atoms. The molecule has 3 fully saturated rings. The van der Waals surface area contributed by atoms with Crippen molar-refractivity contribution in [3.63, 3.8) is 0 Å². The molecule has 5 heterocycles. The van der Waals surface area contributed by atoms with E-state index in [9.17, 15) is 9.18 Å². The van der Waals surface area contributed by atoms with Gasteiger partial charge in [0, 0.05) is 50.6 Å². The van der Waals surface area contributed by atoms with Crippen molar-refractivity contribution in [2.24, 2.45) is 0 Å². The van der Waals surface area contributed by atoms with Crippen LogP contribution in [-0.4, -0.2) is 108 Å². The second-order valence-corrected chi connectivity index (χ2v) is 13.8. The van der Waals surface area contributed by atoms with Gasteiger partial charge in [-0.1, -0.05) is 30.3 Å². The number of anilines is 1. The van der Waals surface area contributed by atoms with Crippen molar-refractivity contribution >= 4 is 33.4 Å². The molecule has 9 nitrogen and oxygen atoms in total. The highest BCUT2D eigenvalue weighted by Gasteiger charge is 2.45. The summed E-state index contributed by atoms with van der Waals surface area (Å²) in [5, 5.41) is 1.88. The van der Waals surface area contributed by atoms with E-state index in [1.807, 2.05) is 48.0 Å². The highest BCUT2D eigenvalue weighted by molar-refractivity contribution is 6.00. The first-order valence-electron chi connectivity index (χ1n) is 16.9. The molecule has 0 saturated carbocycles. The molecule has 3 aliphatic heterocycles. The largest absolute Gasteiger partial charge is 0.461 e. The molecule has 2 aromatic heterocycles. The predicted molar refractivity (Wildman–Crippen MR) is 184 cm³/mol. The van der Waals surface area contributed by atoms with E-state index in [1.54, 1.807) is 37.4 Å². The summed E-state index contributed by atoms with van der Waals surface area (Å²) in [5.74, 6) is -0.407. The van der Waals surface area contributed by atoms with Crippen LogP contribution in [0.15, 0.2) is 48.7 Å². The monoisotopic (exact) mass is 655 g/mol. The van der Waals surface area contributed by atoms with E-state index in [4.69, 9.17) is 9.72 Å². The van der Waals surface area contributed by atoms with Gasteiger partial charge in [-0.2, -0.15) is 9.97 Å². The number of ether oxygens (including phenoxy) is 1. The molecule has 48 heavy (non-hydrogen) atoms. The number of aryl methyl sites for hydroxylation is 1. The minimum Gasteiger partial charge on any atom is -0.461 e. The summed E-state index contributed by atoms with van der Waals surface area (Å²) in [7, 11) is 5.84. The Bertz CT molecular complexity index is 1890. The number of amides is 1. The third-order valence-corrected chi connectivity index (χ3v) is 10.5. The number of carbonyl (C=O) groups excluding carboxylic acids is 1. The Morgan fingerprint density at radius 2 is 1.83 bits per heavy atom. The zero-order chi connectivity index (χ0) is 33.6. The predicted octanol–water partition coefficient (Wildman–Crippen LogP) is 5.59. The van der Waals surface area contributed by atoms with Crippen LogP contribution in [0.5, 0.6) is 6.01 Å². The van der Waals surface area contributed by atoms with Crippen molar-refractivity contribution in [2.45, 2.75) is 50.6 Å². The smallest absolute Gasteiger partial charge is 0.319 e. The van der Waals surface area contributed by atoms with Crippen LogP contribution in [0, 0.1) is 18.6 Å². The molecule has 7 rings (SSSR count). The van der Waals surface area contributed by atoms with Gasteiger partial charge in [-0.15, -0.1) is 0 Å². The van der Waals surface area contributed by atoms with Crippen LogP contribution in [0.25, 0.3) is 32.9 Å². The topological polar surface area (TPSA) is 77.9 Å². The van der Waals surface area contributed by atoms with Crippen molar-refractivity contribution in [1.82, 2.24) is 29.7 Å². The van der Waals surface area contributed by atoms with E-state index < -0.39 is 5.82 Å². The third-order valence-electron chi connectivity index (χ3n) is 10.5. The van der Waals surface area contributed by atoms with E-state index in [1.165, 1.54) is 6.07 Å². The summed E-state index contributed by atoms with van der Waals surface area (Å²) >= 11 is 0. The minimum atomic E-state index is -0.584. The second-order valence-electron chi connectivity index (χ2n) is 13.8. The first-order valence-corrected chi connectivity index (χ1v) is 16.9. The number of rotatable bonds is 9. The van der Waals surface area contributed by atoms with Crippen molar-refractivity contribution < 1.29 is 18.3 Å². The molecule has 1 amide bonds. The zero-order valence-electron chi connectivity index (χ0n) is 28.2. The molecule has 4 aromatic rings. The van der Waals surface area contributed by atoms with Crippen molar-refractivity contribution in [3.8, 4) is 17.3 Å². The lowest BCUT2D eigenvalue weighted by molar-refractivity contribution is -0.125. The lowest BCUT2D eigenvalue weighted by Crippen LogP contribution is -2.43. The van der Waals surface area contributed by atoms with Gasteiger partial charge in [-0.25, -0.2) is 8.78 Å². The first kappa shape index (κ1) is 32.3. The van der Waals surface area contributed by atoms with Crippen molar-refractivity contribution in [1.29, 1.82) is 0 Å². The van der Waals surface area contributed by atoms with Gasteiger partial charge in [-0.05, 0) is 88.6 Å². The average Bonchev–Trinajstić information content (AvgIpc) is 3.82. The van der Waals surface area contributed by atoms with Gasteiger partial charge in [0.25, 0.3) is 0 Å². The molecule has 0 aliphatic carbocycles. The van der Waals surface area contributed by atoms with Gasteiger partial charge in [0.05, 0.1) is 10.9 Å². The number of halogens is 2. The standard InChI is InChI=1S/C37H43F2N7O2/c1-24-26-9-5-10-28(27(26)12-13-30(24)38)33-32(39)34-29(21-40-33)35(42-36(41-34)48-23-37-15-7-18-46(37)19-8-16-37)44(4)25-14-20-45(22-25)31(47)11-6-17-43(2)3/h5-6,9-13,21,25H,7-8,14-20,22-23H2,1-4H3/b11-6+/t25-/m1/s1. The molecule has 1 atom stereocenters. The van der Waals surface area contributed by atoms with E-state index in [0.29, 0.717) is 59.3 Å². The Morgan fingerprint density at radius 1 is 1.04 bits per heavy atom. The van der Waals surface area contributed by atoms with E-state index in [-0.39, 0.29) is 40.5 Å². The first-order chi connectivity index (χ1) is 23.1.